The molecule has 1 unspecified atom stereocenters. The second-order valence-electron chi connectivity index (χ2n) is 4.83. The molecule has 15 heavy (non-hydrogen) atoms. The highest BCUT2D eigenvalue weighted by atomic mass is 15.2. The van der Waals surface area contributed by atoms with E-state index in [0.717, 1.165) is 6.04 Å². The van der Waals surface area contributed by atoms with Gasteiger partial charge in [0, 0.05) is 38.8 Å². The van der Waals surface area contributed by atoms with E-state index in [4.69, 9.17) is 0 Å². The Labute approximate surface area is 93.8 Å². The minimum absolute atomic E-state index is 0.835. The molecule has 0 radical (unpaired) electrons. The number of likely N-dealkylation sites (N-methyl/N-ethyl adjacent to an activating group) is 1. The second-order valence-corrected chi connectivity index (χ2v) is 4.83. The molecule has 2 saturated heterocycles. The lowest BCUT2D eigenvalue weighted by atomic mass is 10.0. The summed E-state index contributed by atoms with van der Waals surface area (Å²) >= 11 is 0. The molecule has 1 N–H and O–H groups in total. The van der Waals surface area contributed by atoms with Gasteiger partial charge in [0.2, 0.25) is 0 Å². The highest BCUT2D eigenvalue weighted by Gasteiger charge is 2.23. The summed E-state index contributed by atoms with van der Waals surface area (Å²) in [7, 11) is 0. The molecule has 2 aliphatic rings. The highest BCUT2D eigenvalue weighted by Crippen LogP contribution is 2.17. The molecule has 2 rings (SSSR count). The third-order valence-electron chi connectivity index (χ3n) is 3.83. The summed E-state index contributed by atoms with van der Waals surface area (Å²) in [5.74, 6) is 0. The number of nitrogens with one attached hydrogen (secondary N) is 1. The summed E-state index contributed by atoms with van der Waals surface area (Å²) < 4.78 is 0. The van der Waals surface area contributed by atoms with Gasteiger partial charge in [-0.2, -0.15) is 0 Å². The molecule has 0 aliphatic carbocycles. The Morgan fingerprint density at radius 1 is 1.13 bits per heavy atom. The van der Waals surface area contributed by atoms with Gasteiger partial charge in [0.1, 0.15) is 0 Å². The van der Waals surface area contributed by atoms with Gasteiger partial charge in [0.05, 0.1) is 0 Å². The van der Waals surface area contributed by atoms with Crippen molar-refractivity contribution < 1.29 is 0 Å². The molecule has 3 nitrogen and oxygen atoms in total. The Morgan fingerprint density at radius 3 is 2.67 bits per heavy atom. The number of hydrogen-bond donors (Lipinski definition) is 1. The van der Waals surface area contributed by atoms with Crippen molar-refractivity contribution in [3.63, 3.8) is 0 Å². The summed E-state index contributed by atoms with van der Waals surface area (Å²) in [6.07, 6.45) is 4.26. The molecule has 2 aliphatic heterocycles. The van der Waals surface area contributed by atoms with E-state index in [1.807, 2.05) is 0 Å². The lowest BCUT2D eigenvalue weighted by Gasteiger charge is -2.39. The van der Waals surface area contributed by atoms with Gasteiger partial charge in [-0.1, -0.05) is 13.3 Å². The average Bonchev–Trinajstić information content (AvgIpc) is 2.31. The van der Waals surface area contributed by atoms with Crippen LogP contribution in [0.15, 0.2) is 0 Å². The zero-order chi connectivity index (χ0) is 10.5. The number of piperidine rings is 1. The van der Waals surface area contributed by atoms with E-state index in [1.54, 1.807) is 0 Å². The monoisotopic (exact) mass is 211 g/mol. The van der Waals surface area contributed by atoms with Crippen molar-refractivity contribution in [2.75, 3.05) is 45.8 Å². The van der Waals surface area contributed by atoms with Gasteiger partial charge in [-0.15, -0.1) is 0 Å². The van der Waals surface area contributed by atoms with Crippen LogP contribution in [-0.4, -0.2) is 61.7 Å². The van der Waals surface area contributed by atoms with E-state index in [0.29, 0.717) is 0 Å². The maximum absolute atomic E-state index is 3.42. The lowest BCUT2D eigenvalue weighted by molar-refractivity contribution is 0.103. The summed E-state index contributed by atoms with van der Waals surface area (Å²) in [5, 5.41) is 3.42. The molecule has 88 valence electrons. The van der Waals surface area contributed by atoms with Crippen LogP contribution in [0.2, 0.25) is 0 Å². The summed E-state index contributed by atoms with van der Waals surface area (Å²) in [6.45, 7) is 11.0. The average molecular weight is 211 g/mol. The minimum Gasteiger partial charge on any atom is -0.314 e. The fraction of sp³-hybridized carbons (Fsp3) is 1.00. The van der Waals surface area contributed by atoms with Crippen LogP contribution in [0.4, 0.5) is 0 Å². The first-order valence-electron chi connectivity index (χ1n) is 6.57. The molecular formula is C12H25N3. The normalized spacial score (nSPS) is 30.6. The van der Waals surface area contributed by atoms with Crippen LogP contribution >= 0.6 is 0 Å². The van der Waals surface area contributed by atoms with E-state index in [2.05, 4.69) is 22.0 Å². The van der Waals surface area contributed by atoms with Crippen LogP contribution in [0.5, 0.6) is 0 Å². The first-order chi connectivity index (χ1) is 7.40. The van der Waals surface area contributed by atoms with Crippen molar-refractivity contribution >= 4 is 0 Å². The fourth-order valence-electron chi connectivity index (χ4n) is 2.87. The summed E-state index contributed by atoms with van der Waals surface area (Å²) in [5.41, 5.74) is 0. The van der Waals surface area contributed by atoms with Gasteiger partial charge < -0.3 is 5.32 Å². The summed E-state index contributed by atoms with van der Waals surface area (Å²) in [6, 6.07) is 0.835. The molecule has 0 aromatic carbocycles. The zero-order valence-electron chi connectivity index (χ0n) is 10.0. The van der Waals surface area contributed by atoms with E-state index in [1.165, 1.54) is 65.1 Å². The minimum atomic E-state index is 0.835. The quantitative estimate of drug-likeness (QED) is 0.744. The SMILES string of the molecule is CCN1CCCCC1CN1CCNCC1. The van der Waals surface area contributed by atoms with Crippen molar-refractivity contribution in [3.05, 3.63) is 0 Å². The molecule has 1 atom stereocenters. The third kappa shape index (κ3) is 3.16. The van der Waals surface area contributed by atoms with Crippen molar-refractivity contribution in [1.29, 1.82) is 0 Å². The molecule has 0 aromatic heterocycles. The van der Waals surface area contributed by atoms with Crippen molar-refractivity contribution in [2.24, 2.45) is 0 Å². The molecule has 0 saturated carbocycles. The van der Waals surface area contributed by atoms with E-state index in [-0.39, 0.29) is 0 Å². The fourth-order valence-corrected chi connectivity index (χ4v) is 2.87. The number of likely N-dealkylation sites (tertiary alicyclic amines) is 1. The van der Waals surface area contributed by atoms with Gasteiger partial charge in [0.15, 0.2) is 0 Å². The smallest absolute Gasteiger partial charge is 0.0223 e. The second kappa shape index (κ2) is 5.83. The van der Waals surface area contributed by atoms with Crippen LogP contribution in [-0.2, 0) is 0 Å². The van der Waals surface area contributed by atoms with Crippen LogP contribution in [0.25, 0.3) is 0 Å². The van der Waals surface area contributed by atoms with E-state index >= 15 is 0 Å². The standard InChI is InChI=1S/C12H25N3/c1-2-15-8-4-3-5-12(15)11-14-9-6-13-7-10-14/h12-13H,2-11H2,1H3. The molecule has 2 fully saturated rings. The number of rotatable bonds is 3. The van der Waals surface area contributed by atoms with Gasteiger partial charge in [-0.05, 0) is 25.9 Å². The number of nitrogens with zero attached hydrogens (tertiary/aromatic N) is 2. The lowest BCUT2D eigenvalue weighted by Crippen LogP contribution is -2.51. The predicted octanol–water partition coefficient (Wildman–Crippen LogP) is 0.766. The summed E-state index contributed by atoms with van der Waals surface area (Å²) in [4.78, 5) is 5.31. The van der Waals surface area contributed by atoms with Crippen LogP contribution in [0, 0.1) is 0 Å². The molecule has 0 bridgehead atoms. The first-order valence-corrected chi connectivity index (χ1v) is 6.57. The Kier molecular flexibility index (Phi) is 4.42. The third-order valence-corrected chi connectivity index (χ3v) is 3.83. The molecule has 0 spiro atoms. The zero-order valence-corrected chi connectivity index (χ0v) is 10.0. The molecule has 3 heteroatoms. The maximum Gasteiger partial charge on any atom is 0.0223 e. The van der Waals surface area contributed by atoms with Gasteiger partial charge in [-0.3, -0.25) is 9.80 Å². The van der Waals surface area contributed by atoms with Gasteiger partial charge in [0.25, 0.3) is 0 Å². The largest absolute Gasteiger partial charge is 0.314 e. The molecule has 2 heterocycles. The Balaban J connectivity index is 1.79. The van der Waals surface area contributed by atoms with Crippen LogP contribution in [0.1, 0.15) is 26.2 Å². The van der Waals surface area contributed by atoms with Crippen LogP contribution in [0.3, 0.4) is 0 Å². The maximum atomic E-state index is 3.42. The predicted molar refractivity (Wildman–Crippen MR) is 64.2 cm³/mol. The van der Waals surface area contributed by atoms with Crippen molar-refractivity contribution in [2.45, 2.75) is 32.2 Å². The number of hydrogen-bond acceptors (Lipinski definition) is 3. The van der Waals surface area contributed by atoms with E-state index in [9.17, 15) is 0 Å². The Hall–Kier alpha value is -0.120. The van der Waals surface area contributed by atoms with Crippen molar-refractivity contribution in [1.82, 2.24) is 15.1 Å². The molecule has 0 aromatic rings. The van der Waals surface area contributed by atoms with Gasteiger partial charge in [-0.25, -0.2) is 0 Å². The first kappa shape index (κ1) is 11.4. The molecule has 0 amide bonds. The highest BCUT2D eigenvalue weighted by molar-refractivity contribution is 4.80. The topological polar surface area (TPSA) is 18.5 Å². The Bertz CT molecular complexity index is 178. The van der Waals surface area contributed by atoms with Crippen LogP contribution < -0.4 is 5.32 Å². The van der Waals surface area contributed by atoms with Crippen molar-refractivity contribution in [3.8, 4) is 0 Å². The van der Waals surface area contributed by atoms with Gasteiger partial charge >= 0.3 is 0 Å². The number of piperazine rings is 1. The molecular weight excluding hydrogens is 186 g/mol. The Morgan fingerprint density at radius 2 is 1.93 bits per heavy atom. The van der Waals surface area contributed by atoms with E-state index < -0.39 is 0 Å².